The molecule has 1 aromatic carbocycles. The lowest BCUT2D eigenvalue weighted by Gasteiger charge is -2.19. The normalized spacial score (nSPS) is 12.2. The number of amides is 1. The van der Waals surface area contributed by atoms with Gasteiger partial charge in [-0.2, -0.15) is 0 Å². The Morgan fingerprint density at radius 2 is 2.14 bits per heavy atom. The van der Waals surface area contributed by atoms with Gasteiger partial charge in [0.25, 0.3) is 0 Å². The molecule has 116 valence electrons. The molecule has 0 spiro atoms. The van der Waals surface area contributed by atoms with Crippen LogP contribution in [0.5, 0.6) is 0 Å². The molecule has 6 nitrogen and oxygen atoms in total. The summed E-state index contributed by atoms with van der Waals surface area (Å²) in [6.45, 7) is 2.19. The predicted octanol–water partition coefficient (Wildman–Crippen LogP) is 0.767. The minimum Gasteiger partial charge on any atom is -0.389 e. The zero-order valence-corrected chi connectivity index (χ0v) is 12.6. The highest BCUT2D eigenvalue weighted by molar-refractivity contribution is 5.97. The molecule has 1 amide bonds. The van der Waals surface area contributed by atoms with Gasteiger partial charge in [-0.05, 0) is 26.1 Å². The SMILES string of the molecule is COCC(O)CN(C)CC(=O)Nc1cccc(C(C)=O)c1. The van der Waals surface area contributed by atoms with Gasteiger partial charge in [0.05, 0.1) is 19.3 Å². The molecule has 0 fully saturated rings. The molecule has 21 heavy (non-hydrogen) atoms. The maximum Gasteiger partial charge on any atom is 0.238 e. The van der Waals surface area contributed by atoms with Gasteiger partial charge in [-0.3, -0.25) is 14.5 Å². The van der Waals surface area contributed by atoms with Crippen molar-refractivity contribution < 1.29 is 19.4 Å². The Kier molecular flexibility index (Phi) is 7.01. The average Bonchev–Trinajstić information content (AvgIpc) is 2.38. The highest BCUT2D eigenvalue weighted by Crippen LogP contribution is 2.11. The summed E-state index contributed by atoms with van der Waals surface area (Å²) < 4.78 is 4.83. The third-order valence-corrected chi connectivity index (χ3v) is 2.85. The van der Waals surface area contributed by atoms with Gasteiger partial charge in [-0.25, -0.2) is 0 Å². The van der Waals surface area contributed by atoms with Gasteiger partial charge in [-0.15, -0.1) is 0 Å². The number of carbonyl (C=O) groups is 2. The Bertz CT molecular complexity index is 490. The summed E-state index contributed by atoms with van der Waals surface area (Å²) in [6, 6.07) is 6.79. The van der Waals surface area contributed by atoms with Crippen LogP contribution in [0.2, 0.25) is 0 Å². The Hall–Kier alpha value is -1.76. The van der Waals surface area contributed by atoms with Crippen molar-refractivity contribution in [2.45, 2.75) is 13.0 Å². The number of benzene rings is 1. The predicted molar refractivity (Wildman–Crippen MR) is 80.5 cm³/mol. The van der Waals surface area contributed by atoms with Crippen molar-refractivity contribution in [3.63, 3.8) is 0 Å². The van der Waals surface area contributed by atoms with Gasteiger partial charge >= 0.3 is 0 Å². The largest absolute Gasteiger partial charge is 0.389 e. The van der Waals surface area contributed by atoms with E-state index < -0.39 is 6.10 Å². The quantitative estimate of drug-likeness (QED) is 0.692. The van der Waals surface area contributed by atoms with Crippen molar-refractivity contribution in [1.82, 2.24) is 4.90 Å². The molecule has 0 bridgehead atoms. The second kappa shape index (κ2) is 8.51. The number of hydrogen-bond donors (Lipinski definition) is 2. The molecular weight excluding hydrogens is 272 g/mol. The standard InChI is InChI=1S/C15H22N2O4/c1-11(18)12-5-4-6-13(7-12)16-15(20)9-17(2)8-14(19)10-21-3/h4-7,14,19H,8-10H2,1-3H3,(H,16,20). The highest BCUT2D eigenvalue weighted by atomic mass is 16.5. The number of hydrogen-bond acceptors (Lipinski definition) is 5. The molecule has 1 unspecified atom stereocenters. The van der Waals surface area contributed by atoms with Gasteiger partial charge in [0.2, 0.25) is 5.91 Å². The van der Waals surface area contributed by atoms with Crippen LogP contribution >= 0.6 is 0 Å². The van der Waals surface area contributed by atoms with E-state index in [9.17, 15) is 14.7 Å². The van der Waals surface area contributed by atoms with Gasteiger partial charge < -0.3 is 15.2 Å². The molecular formula is C15H22N2O4. The van der Waals surface area contributed by atoms with Crippen molar-refractivity contribution in [3.8, 4) is 0 Å². The van der Waals surface area contributed by atoms with E-state index in [2.05, 4.69) is 5.32 Å². The zero-order valence-electron chi connectivity index (χ0n) is 12.6. The Balaban J connectivity index is 2.50. The fourth-order valence-electron chi connectivity index (χ4n) is 1.93. The number of ether oxygens (including phenoxy) is 1. The number of nitrogens with zero attached hydrogens (tertiary/aromatic N) is 1. The monoisotopic (exact) mass is 294 g/mol. The molecule has 0 heterocycles. The maximum absolute atomic E-state index is 11.9. The molecule has 0 aliphatic heterocycles. The Labute approximate surface area is 124 Å². The topological polar surface area (TPSA) is 78.9 Å². The summed E-state index contributed by atoms with van der Waals surface area (Å²) in [4.78, 5) is 24.9. The van der Waals surface area contributed by atoms with Crippen molar-refractivity contribution in [1.29, 1.82) is 0 Å². The number of likely N-dealkylation sites (N-methyl/N-ethyl adjacent to an activating group) is 1. The van der Waals surface area contributed by atoms with Crippen LogP contribution in [0.1, 0.15) is 17.3 Å². The van der Waals surface area contributed by atoms with Crippen LogP contribution in [-0.4, -0.2) is 61.7 Å². The molecule has 0 aliphatic rings. The fraction of sp³-hybridized carbons (Fsp3) is 0.467. The number of aliphatic hydroxyl groups excluding tert-OH is 1. The smallest absolute Gasteiger partial charge is 0.238 e. The first-order valence-corrected chi connectivity index (χ1v) is 6.68. The third-order valence-electron chi connectivity index (χ3n) is 2.85. The van der Waals surface area contributed by atoms with Gasteiger partial charge in [0.15, 0.2) is 5.78 Å². The third kappa shape index (κ3) is 6.48. The first-order valence-electron chi connectivity index (χ1n) is 6.68. The molecule has 6 heteroatoms. The first kappa shape index (κ1) is 17.3. The van der Waals surface area contributed by atoms with E-state index in [-0.39, 0.29) is 24.8 Å². The van der Waals surface area contributed by atoms with Crippen molar-refractivity contribution >= 4 is 17.4 Å². The van der Waals surface area contributed by atoms with Crippen LogP contribution in [0.25, 0.3) is 0 Å². The number of carbonyl (C=O) groups excluding carboxylic acids is 2. The summed E-state index contributed by atoms with van der Waals surface area (Å²) in [7, 11) is 3.25. The molecule has 0 radical (unpaired) electrons. The van der Waals surface area contributed by atoms with Crippen molar-refractivity contribution in [2.24, 2.45) is 0 Å². The minimum absolute atomic E-state index is 0.0501. The van der Waals surface area contributed by atoms with Crippen LogP contribution in [0, 0.1) is 0 Å². The van der Waals surface area contributed by atoms with Crippen LogP contribution in [0.4, 0.5) is 5.69 Å². The number of anilines is 1. The number of ketones is 1. The Morgan fingerprint density at radius 3 is 2.76 bits per heavy atom. The zero-order chi connectivity index (χ0) is 15.8. The van der Waals surface area contributed by atoms with Crippen LogP contribution < -0.4 is 5.32 Å². The number of Topliss-reactive ketones (excluding diaryl/α,β-unsaturated/α-hetero) is 1. The van der Waals surface area contributed by atoms with E-state index in [0.29, 0.717) is 17.8 Å². The van der Waals surface area contributed by atoms with Crippen molar-refractivity contribution in [3.05, 3.63) is 29.8 Å². The van der Waals surface area contributed by atoms with Crippen LogP contribution in [0.3, 0.4) is 0 Å². The van der Waals surface area contributed by atoms with Gasteiger partial charge in [0, 0.05) is 24.9 Å². The lowest BCUT2D eigenvalue weighted by molar-refractivity contribution is -0.117. The fourth-order valence-corrected chi connectivity index (χ4v) is 1.93. The van der Waals surface area contributed by atoms with Gasteiger partial charge in [0.1, 0.15) is 0 Å². The van der Waals surface area contributed by atoms with E-state index in [1.807, 2.05) is 0 Å². The highest BCUT2D eigenvalue weighted by Gasteiger charge is 2.12. The molecule has 1 aromatic rings. The molecule has 0 saturated carbocycles. The van der Waals surface area contributed by atoms with Crippen LogP contribution in [-0.2, 0) is 9.53 Å². The number of methoxy groups -OCH3 is 1. The lowest BCUT2D eigenvalue weighted by atomic mass is 10.1. The summed E-state index contributed by atoms with van der Waals surface area (Å²) in [5.74, 6) is -0.256. The van der Waals surface area contributed by atoms with E-state index >= 15 is 0 Å². The average molecular weight is 294 g/mol. The van der Waals surface area contributed by atoms with E-state index in [0.717, 1.165) is 0 Å². The van der Waals surface area contributed by atoms with Gasteiger partial charge in [-0.1, -0.05) is 12.1 Å². The second-order valence-electron chi connectivity index (χ2n) is 4.99. The minimum atomic E-state index is -0.631. The van der Waals surface area contributed by atoms with E-state index in [4.69, 9.17) is 4.74 Å². The summed E-state index contributed by atoms with van der Waals surface area (Å²) >= 11 is 0. The lowest BCUT2D eigenvalue weighted by Crippen LogP contribution is -2.37. The number of rotatable bonds is 8. The summed E-state index contributed by atoms with van der Waals surface area (Å²) in [5.41, 5.74) is 1.13. The number of aliphatic hydroxyl groups is 1. The van der Waals surface area contributed by atoms with E-state index in [1.54, 1.807) is 36.2 Å². The molecule has 1 rings (SSSR count). The first-order chi connectivity index (χ1) is 9.92. The molecule has 0 aliphatic carbocycles. The number of nitrogens with one attached hydrogen (secondary N) is 1. The molecule has 2 N–H and O–H groups in total. The molecule has 0 aromatic heterocycles. The summed E-state index contributed by atoms with van der Waals surface area (Å²) in [5, 5.41) is 12.3. The molecule has 0 saturated heterocycles. The maximum atomic E-state index is 11.9. The van der Waals surface area contributed by atoms with E-state index in [1.165, 1.54) is 14.0 Å². The van der Waals surface area contributed by atoms with Crippen molar-refractivity contribution in [2.75, 3.05) is 39.2 Å². The molecule has 1 atom stereocenters. The van der Waals surface area contributed by atoms with Crippen LogP contribution in [0.15, 0.2) is 24.3 Å². The Morgan fingerprint density at radius 1 is 1.43 bits per heavy atom. The summed E-state index contributed by atoms with van der Waals surface area (Å²) in [6.07, 6.45) is -0.631. The second-order valence-corrected chi connectivity index (χ2v) is 4.99.